The van der Waals surface area contributed by atoms with Gasteiger partial charge in [-0.05, 0) is 48.6 Å². The van der Waals surface area contributed by atoms with Crippen LogP contribution in [0.4, 0.5) is 9.59 Å². The van der Waals surface area contributed by atoms with Crippen molar-refractivity contribution in [2.45, 2.75) is 31.7 Å². The number of nitrogens with zero attached hydrogens (tertiary/aromatic N) is 2. The lowest BCUT2D eigenvalue weighted by molar-refractivity contribution is -0.238. The van der Waals surface area contributed by atoms with E-state index < -0.39 is 6.16 Å². The Bertz CT molecular complexity index is 578. The Morgan fingerprint density at radius 1 is 1.33 bits per heavy atom. The third-order valence-corrected chi connectivity index (χ3v) is 4.79. The quantitative estimate of drug-likeness (QED) is 0.760. The van der Waals surface area contributed by atoms with E-state index in [4.69, 9.17) is 31.4 Å². The van der Waals surface area contributed by atoms with Gasteiger partial charge in [0.25, 0.3) is 0 Å². The molecule has 2 N–H and O–H groups in total. The molecule has 1 atom stereocenters. The van der Waals surface area contributed by atoms with Gasteiger partial charge in [-0.3, -0.25) is 0 Å². The number of benzene rings is 1. The number of halogens is 1. The average Bonchev–Trinajstić information content (AvgIpc) is 2.48. The molecule has 0 radical (unpaired) electrons. The van der Waals surface area contributed by atoms with Gasteiger partial charge >= 0.3 is 12.2 Å². The van der Waals surface area contributed by atoms with Crippen LogP contribution in [0.3, 0.4) is 0 Å². The lowest BCUT2D eigenvalue weighted by atomic mass is 9.78. The van der Waals surface area contributed by atoms with Crippen LogP contribution in [0, 0.1) is 5.41 Å². The predicted octanol–water partition coefficient (Wildman–Crippen LogP) is 4.28. The van der Waals surface area contributed by atoms with Crippen LogP contribution in [0.5, 0.6) is 0 Å². The van der Waals surface area contributed by atoms with Gasteiger partial charge in [0.15, 0.2) is 0 Å². The molecule has 1 fully saturated rings. The van der Waals surface area contributed by atoms with E-state index in [0.717, 1.165) is 11.4 Å². The minimum Gasteiger partial charge on any atom is -0.450 e. The molecule has 1 unspecified atom stereocenters. The summed E-state index contributed by atoms with van der Waals surface area (Å²) in [6.07, 6.45) is -2.20. The number of carbonyl (C=O) groups excluding carboxylic acids is 1. The van der Waals surface area contributed by atoms with Crippen LogP contribution < -0.4 is 0 Å². The number of carbonyl (C=O) groups is 2. The molecule has 2 rings (SSSR count). The predicted molar refractivity (Wildman–Crippen MR) is 92.2 cm³/mol. The molecule has 1 heterocycles. The lowest BCUT2D eigenvalue weighted by Gasteiger charge is -2.50. The van der Waals surface area contributed by atoms with Crippen molar-refractivity contribution in [2.75, 3.05) is 13.6 Å². The van der Waals surface area contributed by atoms with Gasteiger partial charge in [-0.1, -0.05) is 25.4 Å². The summed E-state index contributed by atoms with van der Waals surface area (Å²) in [5, 5.41) is 16.3. The summed E-state index contributed by atoms with van der Waals surface area (Å²) >= 11 is 7.14. The Balaban J connectivity index is 0.000000648. The summed E-state index contributed by atoms with van der Waals surface area (Å²) in [5.74, 6) is 0. The van der Waals surface area contributed by atoms with Gasteiger partial charge in [-0.15, -0.1) is 5.06 Å². The number of hydrogen-bond donors (Lipinski definition) is 2. The molecule has 1 aromatic carbocycles. The molecule has 1 aliphatic rings. The highest BCUT2D eigenvalue weighted by Crippen LogP contribution is 2.37. The zero-order valence-corrected chi connectivity index (χ0v) is 15.5. The molecule has 0 aliphatic carbocycles. The summed E-state index contributed by atoms with van der Waals surface area (Å²) in [7, 11) is 1.69. The zero-order chi connectivity index (χ0) is 18.5. The Hall–Kier alpha value is -1.64. The number of rotatable bonds is 3. The van der Waals surface area contributed by atoms with Crippen LogP contribution >= 0.6 is 23.5 Å². The number of amides is 1. The smallest absolute Gasteiger partial charge is 0.450 e. The second-order valence-electron chi connectivity index (χ2n) is 5.92. The van der Waals surface area contributed by atoms with E-state index >= 15 is 0 Å². The largest absolute Gasteiger partial charge is 0.503 e. The third kappa shape index (κ3) is 6.10. The highest BCUT2D eigenvalue weighted by atomic mass is 35.5. The fourth-order valence-electron chi connectivity index (χ4n) is 1.91. The van der Waals surface area contributed by atoms with Crippen LogP contribution in [0.1, 0.15) is 20.8 Å². The van der Waals surface area contributed by atoms with Crippen molar-refractivity contribution < 1.29 is 24.6 Å². The van der Waals surface area contributed by atoms with E-state index in [9.17, 15) is 4.79 Å². The summed E-state index contributed by atoms with van der Waals surface area (Å²) < 4.78 is 1.47. The summed E-state index contributed by atoms with van der Waals surface area (Å²) in [5.41, 5.74) is 0.197. The lowest BCUT2D eigenvalue weighted by Crippen LogP contribution is -2.60. The van der Waals surface area contributed by atoms with E-state index in [1.807, 2.05) is 12.1 Å². The minimum atomic E-state index is -1.83. The maximum absolute atomic E-state index is 12.0. The van der Waals surface area contributed by atoms with Crippen molar-refractivity contribution in [3.05, 3.63) is 29.3 Å². The van der Waals surface area contributed by atoms with Crippen molar-refractivity contribution >= 4 is 35.8 Å². The van der Waals surface area contributed by atoms with Gasteiger partial charge in [0, 0.05) is 29.6 Å². The Morgan fingerprint density at radius 3 is 2.25 bits per heavy atom. The average molecular weight is 377 g/mol. The molecule has 1 aromatic rings. The van der Waals surface area contributed by atoms with E-state index in [2.05, 4.69) is 20.8 Å². The first-order valence-corrected chi connectivity index (χ1v) is 8.26. The Labute approximate surface area is 150 Å². The molecule has 0 bridgehead atoms. The zero-order valence-electron chi connectivity index (χ0n) is 13.9. The molecular formula is C15H21ClN2O5S. The minimum absolute atomic E-state index is 0.197. The second kappa shape index (κ2) is 8.46. The SMILES string of the molecule is CC1N(OC(=O)N(C)Sc2ccc(Cl)cc2)CC1(C)C.O=C(O)O. The number of carboxylic acid groups (broad SMARTS) is 2. The van der Waals surface area contributed by atoms with Gasteiger partial charge in [-0.25, -0.2) is 13.9 Å². The van der Waals surface area contributed by atoms with Gasteiger partial charge in [0.05, 0.1) is 0 Å². The molecular weight excluding hydrogens is 356 g/mol. The first-order chi connectivity index (χ1) is 11.0. The summed E-state index contributed by atoms with van der Waals surface area (Å²) in [6, 6.07) is 7.56. The maximum Gasteiger partial charge on any atom is 0.503 e. The highest BCUT2D eigenvalue weighted by molar-refractivity contribution is 7.97. The normalized spacial score (nSPS) is 18.6. The van der Waals surface area contributed by atoms with E-state index in [0.29, 0.717) is 5.02 Å². The third-order valence-electron chi connectivity index (χ3n) is 3.63. The number of hydrogen-bond acceptors (Lipinski definition) is 5. The van der Waals surface area contributed by atoms with Crippen LogP contribution in [-0.4, -0.2) is 51.5 Å². The van der Waals surface area contributed by atoms with Gasteiger partial charge in [0.2, 0.25) is 0 Å². The molecule has 1 saturated heterocycles. The van der Waals surface area contributed by atoms with E-state index in [1.165, 1.54) is 16.3 Å². The standard InChI is InChI=1S/C14H19ClN2O2S.CH2O3/c1-10-14(2,3)9-17(10)19-13(18)16(4)20-12-7-5-11(15)6-8-12;2-1(3)4/h5-8,10H,9H2,1-4H3;(H2,2,3,4). The van der Waals surface area contributed by atoms with Crippen molar-refractivity contribution in [3.63, 3.8) is 0 Å². The first-order valence-electron chi connectivity index (χ1n) is 7.10. The molecule has 7 nitrogen and oxygen atoms in total. The second-order valence-corrected chi connectivity index (χ2v) is 7.56. The van der Waals surface area contributed by atoms with Crippen LogP contribution in [0.15, 0.2) is 29.2 Å². The summed E-state index contributed by atoms with van der Waals surface area (Å²) in [4.78, 5) is 26.8. The van der Waals surface area contributed by atoms with Crippen molar-refractivity contribution in [1.29, 1.82) is 0 Å². The van der Waals surface area contributed by atoms with Gasteiger partial charge < -0.3 is 15.1 Å². The van der Waals surface area contributed by atoms with Crippen LogP contribution in [0.2, 0.25) is 5.02 Å². The molecule has 9 heteroatoms. The molecule has 1 aliphatic heterocycles. The topological polar surface area (TPSA) is 90.3 Å². The molecule has 0 spiro atoms. The monoisotopic (exact) mass is 376 g/mol. The first kappa shape index (κ1) is 20.4. The Kier molecular flexibility index (Phi) is 7.19. The fourth-order valence-corrected chi connectivity index (χ4v) is 2.72. The van der Waals surface area contributed by atoms with Crippen molar-refractivity contribution in [1.82, 2.24) is 9.37 Å². The van der Waals surface area contributed by atoms with Crippen molar-refractivity contribution in [3.8, 4) is 0 Å². The fraction of sp³-hybridized carbons (Fsp3) is 0.467. The van der Waals surface area contributed by atoms with E-state index in [1.54, 1.807) is 24.2 Å². The molecule has 0 aromatic heterocycles. The summed E-state index contributed by atoms with van der Waals surface area (Å²) in [6.45, 7) is 7.14. The molecule has 1 amide bonds. The van der Waals surface area contributed by atoms with Gasteiger partial charge in [-0.2, -0.15) is 0 Å². The molecule has 24 heavy (non-hydrogen) atoms. The maximum atomic E-state index is 12.0. The molecule has 0 saturated carbocycles. The van der Waals surface area contributed by atoms with Crippen molar-refractivity contribution in [2.24, 2.45) is 5.41 Å². The van der Waals surface area contributed by atoms with Crippen LogP contribution in [0.25, 0.3) is 0 Å². The molecule has 134 valence electrons. The number of hydroxylamine groups is 2. The van der Waals surface area contributed by atoms with E-state index in [-0.39, 0.29) is 17.6 Å². The van der Waals surface area contributed by atoms with Crippen LogP contribution in [-0.2, 0) is 4.84 Å². The van der Waals surface area contributed by atoms with Gasteiger partial charge in [0.1, 0.15) is 0 Å². The highest BCUT2D eigenvalue weighted by Gasteiger charge is 2.45. The Morgan fingerprint density at radius 2 is 1.83 bits per heavy atom.